The molecule has 0 atom stereocenters. The summed E-state index contributed by atoms with van der Waals surface area (Å²) in [5, 5.41) is 3.31. The fourth-order valence-corrected chi connectivity index (χ4v) is 5.14. The molecule has 3 nitrogen and oxygen atoms in total. The van der Waals surface area contributed by atoms with Gasteiger partial charge in [-0.3, -0.25) is 0 Å². The second-order valence-corrected chi connectivity index (χ2v) is 8.01. The minimum Gasteiger partial charge on any atom is -0.317 e. The minimum absolute atomic E-state index is 0.0158. The number of sulfone groups is 1. The average molecular weight is 259 g/mol. The van der Waals surface area contributed by atoms with Crippen molar-refractivity contribution in [3.8, 4) is 0 Å². The van der Waals surface area contributed by atoms with Crippen LogP contribution in [-0.4, -0.2) is 32.5 Å². The van der Waals surface area contributed by atoms with Crippen molar-refractivity contribution in [3.63, 3.8) is 0 Å². The highest BCUT2D eigenvalue weighted by molar-refractivity contribution is 7.92. The van der Waals surface area contributed by atoms with Crippen LogP contribution in [0.4, 0.5) is 0 Å². The van der Waals surface area contributed by atoms with Gasteiger partial charge in [0.05, 0.1) is 11.0 Å². The molecule has 0 amide bonds. The van der Waals surface area contributed by atoms with Gasteiger partial charge in [0.15, 0.2) is 9.84 Å². The average Bonchev–Trinajstić information content (AvgIpc) is 2.39. The Labute approximate surface area is 105 Å². The molecule has 0 aromatic carbocycles. The molecule has 2 rings (SSSR count). The van der Waals surface area contributed by atoms with Crippen molar-refractivity contribution in [1.29, 1.82) is 0 Å². The van der Waals surface area contributed by atoms with Gasteiger partial charge < -0.3 is 5.32 Å². The van der Waals surface area contributed by atoms with E-state index in [0.29, 0.717) is 11.7 Å². The summed E-state index contributed by atoms with van der Waals surface area (Å²) >= 11 is 0. The summed E-state index contributed by atoms with van der Waals surface area (Å²) in [6.45, 7) is 2.13. The van der Waals surface area contributed by atoms with Gasteiger partial charge in [-0.05, 0) is 51.1 Å². The lowest BCUT2D eigenvalue weighted by atomic mass is 9.96. The molecule has 1 N–H and O–H groups in total. The standard InChI is InChI=1S/C13H25NO2S/c15-17(16,13-4-2-1-3-5-13)11-8-12-6-9-14-10-7-12/h12-14H,1-11H2. The van der Waals surface area contributed by atoms with Crippen LogP contribution < -0.4 is 5.32 Å². The van der Waals surface area contributed by atoms with Gasteiger partial charge in [0.25, 0.3) is 0 Å². The first kappa shape index (κ1) is 13.3. The normalized spacial score (nSPS) is 24.9. The predicted octanol–water partition coefficient (Wildman–Crippen LogP) is 2.12. The topological polar surface area (TPSA) is 46.2 Å². The molecule has 100 valence electrons. The minimum atomic E-state index is -2.80. The van der Waals surface area contributed by atoms with E-state index < -0.39 is 9.84 Å². The van der Waals surface area contributed by atoms with Gasteiger partial charge >= 0.3 is 0 Å². The summed E-state index contributed by atoms with van der Waals surface area (Å²) in [5.74, 6) is 1.07. The smallest absolute Gasteiger partial charge is 0.153 e. The zero-order valence-electron chi connectivity index (χ0n) is 10.7. The predicted molar refractivity (Wildman–Crippen MR) is 70.9 cm³/mol. The number of hydrogen-bond donors (Lipinski definition) is 1. The Kier molecular flexibility index (Phi) is 4.86. The first-order chi connectivity index (χ1) is 8.18. The molecule has 0 unspecified atom stereocenters. The maximum atomic E-state index is 12.2. The van der Waals surface area contributed by atoms with Crippen LogP contribution in [0.25, 0.3) is 0 Å². The van der Waals surface area contributed by atoms with Crippen LogP contribution in [0.3, 0.4) is 0 Å². The first-order valence-electron chi connectivity index (χ1n) is 7.11. The Morgan fingerprint density at radius 1 is 0.941 bits per heavy atom. The highest BCUT2D eigenvalue weighted by Gasteiger charge is 2.27. The largest absolute Gasteiger partial charge is 0.317 e. The molecule has 0 aromatic rings. The quantitative estimate of drug-likeness (QED) is 0.841. The SMILES string of the molecule is O=S(=O)(CCC1CCNCC1)C1CCCCC1. The molecule has 2 aliphatic rings. The molecule has 0 bridgehead atoms. The molecule has 0 aromatic heterocycles. The molecule has 1 saturated heterocycles. The van der Waals surface area contributed by atoms with E-state index >= 15 is 0 Å². The third-order valence-corrected chi connectivity index (χ3v) is 6.62. The van der Waals surface area contributed by atoms with Crippen LogP contribution in [0.1, 0.15) is 51.4 Å². The van der Waals surface area contributed by atoms with Gasteiger partial charge in [0.2, 0.25) is 0 Å². The summed E-state index contributed by atoms with van der Waals surface area (Å²) in [6, 6.07) is 0. The maximum absolute atomic E-state index is 12.2. The maximum Gasteiger partial charge on any atom is 0.153 e. The van der Waals surface area contributed by atoms with E-state index in [0.717, 1.165) is 58.0 Å². The van der Waals surface area contributed by atoms with Gasteiger partial charge in [-0.1, -0.05) is 19.3 Å². The second kappa shape index (κ2) is 6.19. The summed E-state index contributed by atoms with van der Waals surface area (Å²) in [7, 11) is -2.80. The Bertz CT molecular complexity index is 314. The molecule has 17 heavy (non-hydrogen) atoms. The van der Waals surface area contributed by atoms with Crippen molar-refractivity contribution in [2.75, 3.05) is 18.8 Å². The second-order valence-electron chi connectivity index (χ2n) is 5.61. The van der Waals surface area contributed by atoms with Crippen LogP contribution in [-0.2, 0) is 9.84 Å². The van der Waals surface area contributed by atoms with Crippen LogP contribution in [0, 0.1) is 5.92 Å². The zero-order chi connectivity index (χ0) is 12.1. The molecular weight excluding hydrogens is 234 g/mol. The van der Waals surface area contributed by atoms with E-state index in [2.05, 4.69) is 5.32 Å². The number of nitrogens with one attached hydrogen (secondary N) is 1. The molecule has 1 aliphatic heterocycles. The monoisotopic (exact) mass is 259 g/mol. The van der Waals surface area contributed by atoms with Gasteiger partial charge in [-0.25, -0.2) is 8.42 Å². The van der Waals surface area contributed by atoms with Gasteiger partial charge in [0.1, 0.15) is 0 Å². The van der Waals surface area contributed by atoms with E-state index in [9.17, 15) is 8.42 Å². The Morgan fingerprint density at radius 3 is 2.24 bits per heavy atom. The molecule has 1 aliphatic carbocycles. The van der Waals surface area contributed by atoms with Gasteiger partial charge in [-0.15, -0.1) is 0 Å². The fourth-order valence-electron chi connectivity index (χ4n) is 3.09. The number of hydrogen-bond acceptors (Lipinski definition) is 3. The molecule has 4 heteroatoms. The van der Waals surface area contributed by atoms with Crippen LogP contribution >= 0.6 is 0 Å². The van der Waals surface area contributed by atoms with Crippen molar-refractivity contribution in [2.45, 2.75) is 56.6 Å². The summed E-state index contributed by atoms with van der Waals surface area (Å²) < 4.78 is 24.4. The van der Waals surface area contributed by atoms with Crippen LogP contribution in [0.5, 0.6) is 0 Å². The van der Waals surface area contributed by atoms with Gasteiger partial charge in [-0.2, -0.15) is 0 Å². The third kappa shape index (κ3) is 3.95. The summed E-state index contributed by atoms with van der Waals surface area (Å²) in [4.78, 5) is 0. The van der Waals surface area contributed by atoms with E-state index in [-0.39, 0.29) is 5.25 Å². The number of piperidine rings is 1. The third-order valence-electron chi connectivity index (χ3n) is 4.33. The van der Waals surface area contributed by atoms with E-state index in [1.807, 2.05) is 0 Å². The molecule has 1 heterocycles. The van der Waals surface area contributed by atoms with E-state index in [1.54, 1.807) is 0 Å². The van der Waals surface area contributed by atoms with Crippen molar-refractivity contribution in [1.82, 2.24) is 5.32 Å². The zero-order valence-corrected chi connectivity index (χ0v) is 11.5. The lowest BCUT2D eigenvalue weighted by molar-refractivity contribution is 0.364. The first-order valence-corrected chi connectivity index (χ1v) is 8.82. The molecule has 1 saturated carbocycles. The van der Waals surface area contributed by atoms with Crippen molar-refractivity contribution in [3.05, 3.63) is 0 Å². The molecular formula is C13H25NO2S. The summed E-state index contributed by atoms with van der Waals surface area (Å²) in [5.41, 5.74) is 0. The highest BCUT2D eigenvalue weighted by atomic mass is 32.2. The van der Waals surface area contributed by atoms with Gasteiger partial charge in [0, 0.05) is 0 Å². The Hall–Kier alpha value is -0.0900. The van der Waals surface area contributed by atoms with Crippen LogP contribution in [0.2, 0.25) is 0 Å². The van der Waals surface area contributed by atoms with Crippen molar-refractivity contribution >= 4 is 9.84 Å². The van der Waals surface area contributed by atoms with Crippen molar-refractivity contribution in [2.24, 2.45) is 5.92 Å². The number of rotatable bonds is 4. The summed E-state index contributed by atoms with van der Waals surface area (Å²) in [6.07, 6.45) is 8.46. The molecule has 0 spiro atoms. The van der Waals surface area contributed by atoms with E-state index in [1.165, 1.54) is 6.42 Å². The molecule has 0 radical (unpaired) electrons. The van der Waals surface area contributed by atoms with E-state index in [4.69, 9.17) is 0 Å². The lowest BCUT2D eigenvalue weighted by Gasteiger charge is -2.25. The molecule has 2 fully saturated rings. The Balaban J connectivity index is 1.79. The Morgan fingerprint density at radius 2 is 1.59 bits per heavy atom. The van der Waals surface area contributed by atoms with Crippen molar-refractivity contribution < 1.29 is 8.42 Å². The lowest BCUT2D eigenvalue weighted by Crippen LogP contribution is -2.31. The highest BCUT2D eigenvalue weighted by Crippen LogP contribution is 2.26. The van der Waals surface area contributed by atoms with Crippen LogP contribution in [0.15, 0.2) is 0 Å². The fraction of sp³-hybridized carbons (Fsp3) is 1.00.